The van der Waals surface area contributed by atoms with Crippen LogP contribution in [0.5, 0.6) is 0 Å². The number of aromatic nitrogens is 1. The van der Waals surface area contributed by atoms with Crippen molar-refractivity contribution in [3.63, 3.8) is 0 Å². The Balaban J connectivity index is 0.00000210. The molecule has 1 aromatic heterocycles. The second kappa shape index (κ2) is 11.8. The fourth-order valence-corrected chi connectivity index (χ4v) is 3.69. The molecule has 0 radical (unpaired) electrons. The van der Waals surface area contributed by atoms with E-state index < -0.39 is 0 Å². The number of hydrogen-bond donors (Lipinski definition) is 1. The Bertz CT molecular complexity index is 932. The lowest BCUT2D eigenvalue weighted by molar-refractivity contribution is 0.295. The highest BCUT2D eigenvalue weighted by atomic mass is 35.5. The van der Waals surface area contributed by atoms with Gasteiger partial charge in [0.1, 0.15) is 5.82 Å². The van der Waals surface area contributed by atoms with Gasteiger partial charge in [-0.2, -0.15) is 0 Å². The summed E-state index contributed by atoms with van der Waals surface area (Å²) in [5.74, 6) is -0.255. The number of nitrogens with one attached hydrogen (secondary N) is 1. The summed E-state index contributed by atoms with van der Waals surface area (Å²) in [5.41, 5.74) is 2.52. The molecule has 3 aromatic rings. The third-order valence-electron chi connectivity index (χ3n) is 5.09. The number of anilines is 1. The molecule has 1 atom stereocenters. The number of hydrogen-bond acceptors (Lipinski definition) is 3. The van der Waals surface area contributed by atoms with Crippen molar-refractivity contribution in [2.75, 3.05) is 25.0 Å². The van der Waals surface area contributed by atoms with Crippen LogP contribution < -0.4 is 5.32 Å². The Morgan fingerprint density at radius 2 is 1.76 bits per heavy atom. The van der Waals surface area contributed by atoms with E-state index in [1.807, 2.05) is 18.2 Å². The highest BCUT2D eigenvalue weighted by Crippen LogP contribution is 2.33. The van der Waals surface area contributed by atoms with Gasteiger partial charge in [-0.3, -0.25) is 0 Å². The van der Waals surface area contributed by atoms with Crippen LogP contribution in [0.4, 0.5) is 10.1 Å². The van der Waals surface area contributed by atoms with E-state index in [1.165, 1.54) is 6.07 Å². The first-order valence-corrected chi connectivity index (χ1v) is 10.1. The van der Waals surface area contributed by atoms with Crippen LogP contribution in [-0.2, 0) is 0 Å². The van der Waals surface area contributed by atoms with E-state index in [1.54, 1.807) is 12.1 Å². The molecule has 0 fully saturated rings. The Morgan fingerprint density at radius 3 is 2.45 bits per heavy atom. The summed E-state index contributed by atoms with van der Waals surface area (Å²) < 4.78 is 13.9. The molecule has 0 aliphatic carbocycles. The SMILES string of the molecule is CCN(CC)CCCC(C)Nc1c2ccc(Cl)cc2nc2ccc(F)cc12.Cl.Cl. The highest BCUT2D eigenvalue weighted by molar-refractivity contribution is 6.31. The number of halogens is 4. The molecule has 3 nitrogen and oxygen atoms in total. The summed E-state index contributed by atoms with van der Waals surface area (Å²) in [5, 5.41) is 6.04. The normalized spacial score (nSPS) is 11.9. The first-order valence-electron chi connectivity index (χ1n) is 9.69. The minimum atomic E-state index is -0.255. The van der Waals surface area contributed by atoms with Crippen LogP contribution in [0.15, 0.2) is 36.4 Å². The van der Waals surface area contributed by atoms with Gasteiger partial charge in [-0.05, 0) is 75.8 Å². The van der Waals surface area contributed by atoms with E-state index in [0.717, 1.165) is 60.0 Å². The van der Waals surface area contributed by atoms with Crippen molar-refractivity contribution in [1.29, 1.82) is 0 Å². The average molecular weight is 461 g/mol. The Morgan fingerprint density at radius 1 is 1.03 bits per heavy atom. The predicted octanol–water partition coefficient (Wildman–Crippen LogP) is 6.95. The highest BCUT2D eigenvalue weighted by Gasteiger charge is 2.13. The molecule has 0 amide bonds. The molecule has 1 heterocycles. The molecular formula is C22H29Cl3FN3. The maximum absolute atomic E-state index is 13.9. The number of nitrogens with zero attached hydrogens (tertiary/aromatic N) is 2. The molecule has 29 heavy (non-hydrogen) atoms. The standard InChI is InChI=1S/C22H27ClFN3.2ClH/c1-4-27(5-2)12-6-7-15(3)25-22-18-10-8-16(23)13-21(18)26-20-11-9-17(24)14-19(20)22;;/h8-11,13-15H,4-7,12H2,1-3H3,(H,25,26);2*1H. The zero-order valence-corrected chi connectivity index (χ0v) is 19.4. The first-order chi connectivity index (χ1) is 13.0. The van der Waals surface area contributed by atoms with E-state index in [2.05, 4.69) is 36.0 Å². The third kappa shape index (κ3) is 6.32. The van der Waals surface area contributed by atoms with Crippen LogP contribution in [0, 0.1) is 5.82 Å². The third-order valence-corrected chi connectivity index (χ3v) is 5.33. The monoisotopic (exact) mass is 459 g/mol. The molecule has 2 aromatic carbocycles. The zero-order valence-electron chi connectivity index (χ0n) is 17.0. The topological polar surface area (TPSA) is 28.2 Å². The van der Waals surface area contributed by atoms with Gasteiger partial charge < -0.3 is 10.2 Å². The van der Waals surface area contributed by atoms with E-state index >= 15 is 0 Å². The van der Waals surface area contributed by atoms with Crippen LogP contribution in [0.25, 0.3) is 21.8 Å². The van der Waals surface area contributed by atoms with Gasteiger partial charge in [0.2, 0.25) is 0 Å². The fraction of sp³-hybridized carbons (Fsp3) is 0.409. The van der Waals surface area contributed by atoms with E-state index in [-0.39, 0.29) is 36.7 Å². The maximum atomic E-state index is 13.9. The second-order valence-corrected chi connectivity index (χ2v) is 7.46. The first kappa shape index (κ1) is 25.7. The van der Waals surface area contributed by atoms with Crippen molar-refractivity contribution in [2.45, 2.75) is 39.7 Å². The van der Waals surface area contributed by atoms with Gasteiger partial charge in [-0.25, -0.2) is 9.37 Å². The van der Waals surface area contributed by atoms with Crippen molar-refractivity contribution >= 4 is 63.9 Å². The number of pyridine rings is 1. The molecule has 160 valence electrons. The summed E-state index contributed by atoms with van der Waals surface area (Å²) in [6, 6.07) is 10.7. The van der Waals surface area contributed by atoms with Gasteiger partial charge in [0.15, 0.2) is 0 Å². The van der Waals surface area contributed by atoms with Crippen molar-refractivity contribution in [3.8, 4) is 0 Å². The van der Waals surface area contributed by atoms with Crippen molar-refractivity contribution in [2.24, 2.45) is 0 Å². The second-order valence-electron chi connectivity index (χ2n) is 7.02. The lowest BCUT2D eigenvalue weighted by atomic mass is 10.1. The number of benzene rings is 2. The van der Waals surface area contributed by atoms with Crippen LogP contribution in [-0.4, -0.2) is 35.6 Å². The summed E-state index contributed by atoms with van der Waals surface area (Å²) in [7, 11) is 0. The molecule has 7 heteroatoms. The minimum absolute atomic E-state index is 0. The van der Waals surface area contributed by atoms with Gasteiger partial charge in [0.05, 0.1) is 16.7 Å². The minimum Gasteiger partial charge on any atom is -0.381 e. The maximum Gasteiger partial charge on any atom is 0.124 e. The van der Waals surface area contributed by atoms with Crippen LogP contribution in [0.1, 0.15) is 33.6 Å². The van der Waals surface area contributed by atoms with Crippen molar-refractivity contribution in [3.05, 3.63) is 47.2 Å². The molecule has 0 saturated heterocycles. The summed E-state index contributed by atoms with van der Waals surface area (Å²) in [6.45, 7) is 9.83. The Labute approximate surface area is 189 Å². The molecule has 0 aliphatic rings. The predicted molar refractivity (Wildman–Crippen MR) is 129 cm³/mol. The van der Waals surface area contributed by atoms with Crippen LogP contribution in [0.2, 0.25) is 5.02 Å². The molecule has 0 bridgehead atoms. The average Bonchev–Trinajstić information content (AvgIpc) is 2.65. The molecule has 1 N–H and O–H groups in total. The van der Waals surface area contributed by atoms with Crippen LogP contribution >= 0.6 is 36.4 Å². The van der Waals surface area contributed by atoms with Gasteiger partial charge >= 0.3 is 0 Å². The molecule has 3 rings (SSSR count). The molecular weight excluding hydrogens is 432 g/mol. The summed E-state index contributed by atoms with van der Waals surface area (Å²) in [6.07, 6.45) is 2.17. The van der Waals surface area contributed by atoms with Crippen LogP contribution in [0.3, 0.4) is 0 Å². The zero-order chi connectivity index (χ0) is 19.4. The molecule has 0 saturated carbocycles. The van der Waals surface area contributed by atoms with Crippen molar-refractivity contribution < 1.29 is 4.39 Å². The van der Waals surface area contributed by atoms with E-state index in [0.29, 0.717) is 5.02 Å². The van der Waals surface area contributed by atoms with Gasteiger partial charge in [0.25, 0.3) is 0 Å². The van der Waals surface area contributed by atoms with Gasteiger partial charge in [-0.1, -0.05) is 25.4 Å². The van der Waals surface area contributed by atoms with Crippen molar-refractivity contribution in [1.82, 2.24) is 9.88 Å². The Kier molecular flexibility index (Phi) is 10.4. The largest absolute Gasteiger partial charge is 0.381 e. The number of rotatable bonds is 8. The smallest absolute Gasteiger partial charge is 0.124 e. The fourth-order valence-electron chi connectivity index (χ4n) is 3.52. The van der Waals surface area contributed by atoms with Gasteiger partial charge in [0, 0.05) is 21.8 Å². The number of fused-ring (bicyclic) bond motifs is 2. The van der Waals surface area contributed by atoms with E-state index in [4.69, 9.17) is 11.6 Å². The lowest BCUT2D eigenvalue weighted by Gasteiger charge is -2.21. The Hall–Kier alpha value is -1.33. The van der Waals surface area contributed by atoms with Gasteiger partial charge in [-0.15, -0.1) is 24.8 Å². The lowest BCUT2D eigenvalue weighted by Crippen LogP contribution is -2.25. The quantitative estimate of drug-likeness (QED) is 0.369. The molecule has 0 aliphatic heterocycles. The summed E-state index contributed by atoms with van der Waals surface area (Å²) in [4.78, 5) is 7.09. The summed E-state index contributed by atoms with van der Waals surface area (Å²) >= 11 is 6.15. The molecule has 0 spiro atoms. The van der Waals surface area contributed by atoms with E-state index in [9.17, 15) is 4.39 Å². The molecule has 1 unspecified atom stereocenters.